The van der Waals surface area contributed by atoms with Crippen molar-refractivity contribution in [2.24, 2.45) is 0 Å². The number of amides is 1. The van der Waals surface area contributed by atoms with Crippen molar-refractivity contribution in [3.63, 3.8) is 0 Å². The van der Waals surface area contributed by atoms with Crippen LogP contribution in [0.5, 0.6) is 0 Å². The minimum absolute atomic E-state index is 0.0226. The molecule has 0 aliphatic carbocycles. The van der Waals surface area contributed by atoms with Crippen molar-refractivity contribution < 1.29 is 9.59 Å². The van der Waals surface area contributed by atoms with Gasteiger partial charge in [-0.25, -0.2) is 9.97 Å². The summed E-state index contributed by atoms with van der Waals surface area (Å²) in [6, 6.07) is 16.0. The second-order valence-electron chi connectivity index (χ2n) is 5.85. The molecule has 1 aromatic heterocycles. The molecule has 0 fully saturated rings. The number of carbonyl (C=O) groups excluding carboxylic acids is 2. The predicted molar refractivity (Wildman–Crippen MR) is 101 cm³/mol. The molecule has 0 saturated carbocycles. The Morgan fingerprint density at radius 2 is 1.73 bits per heavy atom. The minimum atomic E-state index is -0.352. The highest BCUT2D eigenvalue weighted by Gasteiger charge is 2.10. The summed E-state index contributed by atoms with van der Waals surface area (Å²) >= 11 is 0. The molecule has 6 nitrogen and oxygen atoms in total. The first-order chi connectivity index (χ1) is 12.5. The molecule has 3 aromatic rings. The third-order valence-corrected chi connectivity index (χ3v) is 3.71. The number of anilines is 3. The zero-order chi connectivity index (χ0) is 18.5. The largest absolute Gasteiger partial charge is 0.324 e. The van der Waals surface area contributed by atoms with E-state index in [0.29, 0.717) is 17.2 Å². The lowest BCUT2D eigenvalue weighted by Gasteiger charge is -2.08. The summed E-state index contributed by atoms with van der Waals surface area (Å²) in [5, 5.41) is 5.84. The average Bonchev–Trinajstić information content (AvgIpc) is 2.62. The highest BCUT2D eigenvalue weighted by atomic mass is 16.2. The fraction of sp³-hybridized carbons (Fsp3) is 0.100. The molecular weight excluding hydrogens is 328 g/mol. The van der Waals surface area contributed by atoms with Crippen LogP contribution in [-0.2, 0) is 0 Å². The normalized spacial score (nSPS) is 10.2. The van der Waals surface area contributed by atoms with E-state index in [1.165, 1.54) is 13.1 Å². The van der Waals surface area contributed by atoms with E-state index >= 15 is 0 Å². The SMILES string of the molecule is CC(=O)c1ccc(NC(=O)c2ccnc(Nc3cccc(C)c3)n2)cc1. The van der Waals surface area contributed by atoms with Crippen molar-refractivity contribution in [3.8, 4) is 0 Å². The molecule has 0 unspecified atom stereocenters. The minimum Gasteiger partial charge on any atom is -0.324 e. The maximum absolute atomic E-state index is 12.4. The quantitative estimate of drug-likeness (QED) is 0.683. The lowest BCUT2D eigenvalue weighted by atomic mass is 10.1. The van der Waals surface area contributed by atoms with E-state index in [1.54, 1.807) is 30.3 Å². The van der Waals surface area contributed by atoms with E-state index in [9.17, 15) is 9.59 Å². The van der Waals surface area contributed by atoms with Crippen molar-refractivity contribution in [2.75, 3.05) is 10.6 Å². The third kappa shape index (κ3) is 4.30. The van der Waals surface area contributed by atoms with Gasteiger partial charge in [0.05, 0.1) is 0 Å². The van der Waals surface area contributed by atoms with E-state index in [2.05, 4.69) is 20.6 Å². The molecule has 0 aliphatic heterocycles. The molecule has 0 spiro atoms. The number of aromatic nitrogens is 2. The van der Waals surface area contributed by atoms with Crippen LogP contribution in [0, 0.1) is 6.92 Å². The van der Waals surface area contributed by atoms with Gasteiger partial charge in [-0.1, -0.05) is 12.1 Å². The molecule has 0 bridgehead atoms. The second-order valence-corrected chi connectivity index (χ2v) is 5.85. The molecular formula is C20H18N4O2. The van der Waals surface area contributed by atoms with Gasteiger partial charge in [-0.05, 0) is 61.9 Å². The van der Waals surface area contributed by atoms with E-state index in [0.717, 1.165) is 11.3 Å². The van der Waals surface area contributed by atoms with Crippen LogP contribution in [0.4, 0.5) is 17.3 Å². The summed E-state index contributed by atoms with van der Waals surface area (Å²) in [6.07, 6.45) is 1.53. The van der Waals surface area contributed by atoms with Gasteiger partial charge >= 0.3 is 0 Å². The number of Topliss-reactive ketones (excluding diaryl/α,β-unsaturated/α-hetero) is 1. The predicted octanol–water partition coefficient (Wildman–Crippen LogP) is 3.98. The van der Waals surface area contributed by atoms with Gasteiger partial charge in [-0.2, -0.15) is 0 Å². The third-order valence-electron chi connectivity index (χ3n) is 3.71. The Hall–Kier alpha value is -3.54. The molecule has 0 radical (unpaired) electrons. The molecule has 2 aromatic carbocycles. The van der Waals surface area contributed by atoms with Gasteiger partial charge < -0.3 is 10.6 Å². The van der Waals surface area contributed by atoms with Gasteiger partial charge in [-0.3, -0.25) is 9.59 Å². The first kappa shape index (κ1) is 17.3. The van der Waals surface area contributed by atoms with Gasteiger partial charge in [0.2, 0.25) is 5.95 Å². The van der Waals surface area contributed by atoms with E-state index < -0.39 is 0 Å². The number of hydrogen-bond donors (Lipinski definition) is 2. The van der Waals surface area contributed by atoms with Crippen LogP contribution in [0.2, 0.25) is 0 Å². The van der Waals surface area contributed by atoms with E-state index in [4.69, 9.17) is 0 Å². The molecule has 0 atom stereocenters. The van der Waals surface area contributed by atoms with Crippen molar-refractivity contribution >= 4 is 29.0 Å². The summed E-state index contributed by atoms with van der Waals surface area (Å²) < 4.78 is 0. The number of ketones is 1. The van der Waals surface area contributed by atoms with Gasteiger partial charge in [-0.15, -0.1) is 0 Å². The van der Waals surface area contributed by atoms with E-state index in [1.807, 2.05) is 31.2 Å². The van der Waals surface area contributed by atoms with Crippen molar-refractivity contribution in [1.82, 2.24) is 9.97 Å². The Bertz CT molecular complexity index is 952. The molecule has 26 heavy (non-hydrogen) atoms. The van der Waals surface area contributed by atoms with Crippen LogP contribution in [-0.4, -0.2) is 21.7 Å². The van der Waals surface area contributed by atoms with Crippen molar-refractivity contribution in [2.45, 2.75) is 13.8 Å². The van der Waals surface area contributed by atoms with Crippen LogP contribution < -0.4 is 10.6 Å². The van der Waals surface area contributed by atoms with Crippen molar-refractivity contribution in [3.05, 3.63) is 77.6 Å². The first-order valence-corrected chi connectivity index (χ1v) is 8.10. The zero-order valence-corrected chi connectivity index (χ0v) is 14.5. The maximum atomic E-state index is 12.4. The highest BCUT2D eigenvalue weighted by Crippen LogP contribution is 2.15. The molecule has 3 rings (SSSR count). The molecule has 2 N–H and O–H groups in total. The van der Waals surface area contributed by atoms with Gasteiger partial charge in [0.15, 0.2) is 5.78 Å². The van der Waals surface area contributed by atoms with Crippen LogP contribution in [0.25, 0.3) is 0 Å². The van der Waals surface area contributed by atoms with Crippen molar-refractivity contribution in [1.29, 1.82) is 0 Å². The topological polar surface area (TPSA) is 84.0 Å². The maximum Gasteiger partial charge on any atom is 0.274 e. The molecule has 1 heterocycles. The number of carbonyl (C=O) groups is 2. The van der Waals surface area contributed by atoms with Crippen LogP contribution in [0.15, 0.2) is 60.8 Å². The number of nitrogens with zero attached hydrogens (tertiary/aromatic N) is 2. The Labute approximate surface area is 151 Å². The fourth-order valence-electron chi connectivity index (χ4n) is 2.38. The van der Waals surface area contributed by atoms with E-state index in [-0.39, 0.29) is 17.4 Å². The highest BCUT2D eigenvalue weighted by molar-refractivity contribution is 6.03. The molecule has 0 saturated heterocycles. The average molecular weight is 346 g/mol. The summed E-state index contributed by atoms with van der Waals surface area (Å²) in [5.41, 5.74) is 3.38. The van der Waals surface area contributed by atoms with Crippen LogP contribution in [0.1, 0.15) is 33.3 Å². The monoisotopic (exact) mass is 346 g/mol. The summed E-state index contributed by atoms with van der Waals surface area (Å²) in [7, 11) is 0. The zero-order valence-electron chi connectivity index (χ0n) is 14.5. The lowest BCUT2D eigenvalue weighted by Crippen LogP contribution is -2.14. The first-order valence-electron chi connectivity index (χ1n) is 8.10. The Morgan fingerprint density at radius 1 is 0.962 bits per heavy atom. The van der Waals surface area contributed by atoms with Crippen LogP contribution in [0.3, 0.4) is 0 Å². The molecule has 6 heteroatoms. The van der Waals surface area contributed by atoms with Gasteiger partial charge in [0.25, 0.3) is 5.91 Å². The lowest BCUT2D eigenvalue weighted by molar-refractivity contribution is 0.101. The summed E-state index contributed by atoms with van der Waals surface area (Å²) in [6.45, 7) is 3.49. The van der Waals surface area contributed by atoms with Crippen LogP contribution >= 0.6 is 0 Å². The molecule has 130 valence electrons. The summed E-state index contributed by atoms with van der Waals surface area (Å²) in [5.74, 6) is -0.0315. The Balaban J connectivity index is 1.72. The second kappa shape index (κ2) is 7.57. The molecule has 1 amide bonds. The number of aryl methyl sites for hydroxylation is 1. The standard InChI is InChI=1S/C20H18N4O2/c1-13-4-3-5-17(12-13)23-20-21-11-10-18(24-20)19(26)22-16-8-6-15(7-9-16)14(2)25/h3-12H,1-2H3,(H,22,26)(H,21,23,24). The van der Waals surface area contributed by atoms with Gasteiger partial charge in [0, 0.05) is 23.1 Å². The molecule has 0 aliphatic rings. The smallest absolute Gasteiger partial charge is 0.274 e. The number of hydrogen-bond acceptors (Lipinski definition) is 5. The Morgan fingerprint density at radius 3 is 2.42 bits per heavy atom. The number of nitrogens with one attached hydrogen (secondary N) is 2. The number of benzene rings is 2. The fourth-order valence-corrected chi connectivity index (χ4v) is 2.38. The number of rotatable bonds is 5. The Kier molecular flexibility index (Phi) is 5.03. The summed E-state index contributed by atoms with van der Waals surface area (Å²) in [4.78, 5) is 32.1. The van der Waals surface area contributed by atoms with Gasteiger partial charge in [0.1, 0.15) is 5.69 Å².